The van der Waals surface area contributed by atoms with Gasteiger partial charge >= 0.3 is 0 Å². The summed E-state index contributed by atoms with van der Waals surface area (Å²) in [4.78, 5) is 18.2. The molecule has 2 aromatic heterocycles. The lowest BCUT2D eigenvalue weighted by atomic mass is 10.1. The Morgan fingerprint density at radius 3 is 2.50 bits per heavy atom. The molecule has 0 aliphatic heterocycles. The van der Waals surface area contributed by atoms with Gasteiger partial charge in [0.25, 0.3) is 0 Å². The summed E-state index contributed by atoms with van der Waals surface area (Å²) in [5.74, 6) is 0.748. The van der Waals surface area contributed by atoms with E-state index >= 15 is 0 Å². The summed E-state index contributed by atoms with van der Waals surface area (Å²) in [7, 11) is 3.67. The Morgan fingerprint density at radius 1 is 1.00 bits per heavy atom. The number of aromatic nitrogens is 4. The van der Waals surface area contributed by atoms with Crippen LogP contribution in [0.25, 0.3) is 10.9 Å². The lowest BCUT2D eigenvalue weighted by Gasteiger charge is -2.13. The smallest absolute Gasteiger partial charge is 0.250 e. The number of hydrazone groups is 1. The molecule has 0 aliphatic rings. The normalized spacial score (nSPS) is 11.2. The zero-order valence-electron chi connectivity index (χ0n) is 16.8. The van der Waals surface area contributed by atoms with Crippen LogP contribution in [0.5, 0.6) is 0 Å². The Bertz CT molecular complexity index is 1200. The highest BCUT2D eigenvalue weighted by Gasteiger charge is 2.09. The highest BCUT2D eigenvalue weighted by Crippen LogP contribution is 2.20. The van der Waals surface area contributed by atoms with Crippen molar-refractivity contribution in [3.8, 4) is 0 Å². The van der Waals surface area contributed by atoms with E-state index in [0.717, 1.165) is 22.2 Å². The zero-order valence-corrected chi connectivity index (χ0v) is 16.8. The Balaban J connectivity index is 1.58. The predicted molar refractivity (Wildman–Crippen MR) is 118 cm³/mol. The van der Waals surface area contributed by atoms with E-state index in [2.05, 4.69) is 35.8 Å². The number of benzene rings is 2. The molecule has 0 saturated heterocycles. The van der Waals surface area contributed by atoms with Gasteiger partial charge in [0.05, 0.1) is 6.21 Å². The maximum Gasteiger partial charge on any atom is 0.250 e. The van der Waals surface area contributed by atoms with Gasteiger partial charge in [0.15, 0.2) is 0 Å². The summed E-state index contributed by atoms with van der Waals surface area (Å²) in [6.45, 7) is 2.00. The summed E-state index contributed by atoms with van der Waals surface area (Å²) in [6, 6.07) is 14.0. The molecule has 0 bridgehead atoms. The number of hydrogen-bond donors (Lipinski definition) is 3. The van der Waals surface area contributed by atoms with Crippen molar-refractivity contribution in [1.29, 1.82) is 0 Å². The largest absolute Gasteiger partial charge is 0.358 e. The third-order valence-corrected chi connectivity index (χ3v) is 4.43. The Morgan fingerprint density at radius 2 is 1.73 bits per heavy atom. The first kappa shape index (κ1) is 19.3. The minimum absolute atomic E-state index is 0.284. The van der Waals surface area contributed by atoms with Gasteiger partial charge in [-0.25, -0.2) is 9.82 Å². The van der Waals surface area contributed by atoms with Crippen molar-refractivity contribution in [2.24, 2.45) is 5.10 Å². The van der Waals surface area contributed by atoms with Crippen molar-refractivity contribution in [2.45, 2.75) is 6.92 Å². The molecule has 4 rings (SSSR count). The SMILES string of the molecule is Cc1[nH]c2ccccc2c1C=NNc1nc(Nc2ccc(F)cc2)nc(N(C)C)n1. The monoisotopic (exact) mass is 404 g/mol. The van der Waals surface area contributed by atoms with Gasteiger partial charge in [-0.3, -0.25) is 0 Å². The second-order valence-electron chi connectivity index (χ2n) is 6.89. The number of halogens is 1. The second kappa shape index (κ2) is 8.16. The van der Waals surface area contributed by atoms with Crippen molar-refractivity contribution in [3.05, 3.63) is 65.6 Å². The molecule has 0 aliphatic carbocycles. The highest BCUT2D eigenvalue weighted by atomic mass is 19.1. The lowest BCUT2D eigenvalue weighted by molar-refractivity contribution is 0.628. The molecule has 3 N–H and O–H groups in total. The molecule has 0 spiro atoms. The molecular formula is C21H21FN8. The van der Waals surface area contributed by atoms with E-state index in [1.54, 1.807) is 23.2 Å². The molecule has 0 amide bonds. The van der Waals surface area contributed by atoms with E-state index in [-0.39, 0.29) is 11.8 Å². The Kier molecular flexibility index (Phi) is 5.25. The van der Waals surface area contributed by atoms with Crippen LogP contribution in [-0.2, 0) is 0 Å². The van der Waals surface area contributed by atoms with Gasteiger partial charge in [-0.2, -0.15) is 20.1 Å². The van der Waals surface area contributed by atoms with E-state index < -0.39 is 0 Å². The van der Waals surface area contributed by atoms with Crippen LogP contribution in [0.1, 0.15) is 11.3 Å². The summed E-state index contributed by atoms with van der Waals surface area (Å²) in [5, 5.41) is 8.45. The number of rotatable bonds is 6. The third kappa shape index (κ3) is 4.19. The van der Waals surface area contributed by atoms with Crippen LogP contribution in [0.2, 0.25) is 0 Å². The van der Waals surface area contributed by atoms with Gasteiger partial charge < -0.3 is 15.2 Å². The van der Waals surface area contributed by atoms with Gasteiger partial charge in [0, 0.05) is 41.9 Å². The molecule has 0 saturated carbocycles. The van der Waals surface area contributed by atoms with Crippen molar-refractivity contribution in [1.82, 2.24) is 19.9 Å². The summed E-state index contributed by atoms with van der Waals surface area (Å²) in [5.41, 5.74) is 6.60. The fourth-order valence-electron chi connectivity index (χ4n) is 2.95. The maximum absolute atomic E-state index is 13.1. The summed E-state index contributed by atoms with van der Waals surface area (Å²) >= 11 is 0. The van der Waals surface area contributed by atoms with Crippen molar-refractivity contribution >= 4 is 40.6 Å². The van der Waals surface area contributed by atoms with Crippen LogP contribution in [0.3, 0.4) is 0 Å². The number of aryl methyl sites for hydroxylation is 1. The standard InChI is InChI=1S/C21H21FN8/c1-13-17(16-6-4-5-7-18(16)24-13)12-23-29-20-26-19(27-21(28-20)30(2)3)25-15-10-8-14(22)9-11-15/h4-12,24H,1-3H3,(H2,25,26,27,28,29). The van der Waals surface area contributed by atoms with Crippen molar-refractivity contribution in [3.63, 3.8) is 0 Å². The first-order valence-corrected chi connectivity index (χ1v) is 9.32. The molecule has 152 valence electrons. The number of fused-ring (bicyclic) bond motifs is 1. The highest BCUT2D eigenvalue weighted by molar-refractivity contribution is 6.00. The fraction of sp³-hybridized carbons (Fsp3) is 0.143. The number of para-hydroxylation sites is 1. The Labute approximate surface area is 172 Å². The van der Waals surface area contributed by atoms with Crippen LogP contribution in [-0.4, -0.2) is 40.2 Å². The average Bonchev–Trinajstić information content (AvgIpc) is 3.05. The van der Waals surface area contributed by atoms with Gasteiger partial charge in [0.1, 0.15) is 5.82 Å². The summed E-state index contributed by atoms with van der Waals surface area (Å²) in [6.07, 6.45) is 1.74. The van der Waals surface area contributed by atoms with Crippen LogP contribution in [0.15, 0.2) is 53.6 Å². The second-order valence-corrected chi connectivity index (χ2v) is 6.89. The maximum atomic E-state index is 13.1. The van der Waals surface area contributed by atoms with Crippen LogP contribution in [0, 0.1) is 12.7 Å². The number of nitrogens with zero attached hydrogens (tertiary/aromatic N) is 5. The average molecular weight is 404 g/mol. The van der Waals surface area contributed by atoms with Gasteiger partial charge in [-0.1, -0.05) is 18.2 Å². The molecule has 30 heavy (non-hydrogen) atoms. The molecular weight excluding hydrogens is 383 g/mol. The molecule has 0 unspecified atom stereocenters. The van der Waals surface area contributed by atoms with Crippen molar-refractivity contribution in [2.75, 3.05) is 29.7 Å². The van der Waals surface area contributed by atoms with Crippen LogP contribution >= 0.6 is 0 Å². The van der Waals surface area contributed by atoms with Gasteiger partial charge in [-0.05, 0) is 37.3 Å². The molecule has 2 aromatic carbocycles. The lowest BCUT2D eigenvalue weighted by Crippen LogP contribution is -2.15. The molecule has 0 atom stereocenters. The number of H-pyrrole nitrogens is 1. The van der Waals surface area contributed by atoms with E-state index in [1.165, 1.54) is 12.1 Å². The topological polar surface area (TPSA) is 94.1 Å². The van der Waals surface area contributed by atoms with Crippen molar-refractivity contribution < 1.29 is 4.39 Å². The minimum atomic E-state index is -0.311. The predicted octanol–water partition coefficient (Wildman–Crippen LogP) is 4.06. The molecule has 9 heteroatoms. The van der Waals surface area contributed by atoms with Crippen LogP contribution in [0.4, 0.5) is 27.9 Å². The zero-order chi connectivity index (χ0) is 21.1. The molecule has 0 radical (unpaired) electrons. The Hall–Kier alpha value is -4.01. The molecule has 0 fully saturated rings. The fourth-order valence-corrected chi connectivity index (χ4v) is 2.95. The number of anilines is 4. The van der Waals surface area contributed by atoms with Crippen LogP contribution < -0.4 is 15.6 Å². The summed E-state index contributed by atoms with van der Waals surface area (Å²) < 4.78 is 13.1. The minimum Gasteiger partial charge on any atom is -0.358 e. The quantitative estimate of drug-likeness (QED) is 0.331. The van der Waals surface area contributed by atoms with E-state index in [1.807, 2.05) is 45.3 Å². The van der Waals surface area contributed by atoms with E-state index in [9.17, 15) is 4.39 Å². The van der Waals surface area contributed by atoms with Gasteiger partial charge in [0.2, 0.25) is 17.8 Å². The molecule has 8 nitrogen and oxygen atoms in total. The number of hydrogen-bond acceptors (Lipinski definition) is 7. The first-order valence-electron chi connectivity index (χ1n) is 9.32. The first-order chi connectivity index (χ1) is 14.5. The number of aromatic amines is 1. The third-order valence-electron chi connectivity index (χ3n) is 4.43. The van der Waals surface area contributed by atoms with E-state index in [0.29, 0.717) is 17.6 Å². The molecule has 2 heterocycles. The molecule has 4 aromatic rings. The van der Waals surface area contributed by atoms with E-state index in [4.69, 9.17) is 0 Å². The number of nitrogens with one attached hydrogen (secondary N) is 3. The van der Waals surface area contributed by atoms with Gasteiger partial charge in [-0.15, -0.1) is 0 Å².